The third-order valence-electron chi connectivity index (χ3n) is 3.79. The van der Waals surface area contributed by atoms with Crippen LogP contribution >= 0.6 is 0 Å². The number of anilines is 1. The summed E-state index contributed by atoms with van der Waals surface area (Å²) in [5.74, 6) is 0. The molecule has 0 aliphatic carbocycles. The SMILES string of the molecule is O=S(c1ccc2c(c1)CCN2)N1CCCCCC1. The topological polar surface area (TPSA) is 32.3 Å². The van der Waals surface area contributed by atoms with Crippen LogP contribution in [-0.2, 0) is 17.4 Å². The van der Waals surface area contributed by atoms with E-state index in [0.29, 0.717) is 0 Å². The van der Waals surface area contributed by atoms with Crippen molar-refractivity contribution in [2.75, 3.05) is 25.0 Å². The Morgan fingerprint density at radius 3 is 2.67 bits per heavy atom. The molecule has 2 heterocycles. The van der Waals surface area contributed by atoms with Crippen LogP contribution in [0.5, 0.6) is 0 Å². The summed E-state index contributed by atoms with van der Waals surface area (Å²) in [6.45, 7) is 2.96. The molecule has 0 amide bonds. The lowest BCUT2D eigenvalue weighted by molar-refractivity contribution is 0.460. The van der Waals surface area contributed by atoms with Crippen LogP contribution in [0.4, 0.5) is 5.69 Å². The highest BCUT2D eigenvalue weighted by atomic mass is 32.2. The van der Waals surface area contributed by atoms with Crippen LogP contribution in [0, 0.1) is 0 Å². The van der Waals surface area contributed by atoms with Gasteiger partial charge in [0.1, 0.15) is 11.0 Å². The summed E-state index contributed by atoms with van der Waals surface area (Å²) >= 11 is 0. The van der Waals surface area contributed by atoms with Gasteiger partial charge in [-0.1, -0.05) is 12.8 Å². The average Bonchev–Trinajstić information content (AvgIpc) is 2.69. The molecule has 0 bridgehead atoms. The highest BCUT2D eigenvalue weighted by Gasteiger charge is 2.19. The normalized spacial score (nSPS) is 22.0. The quantitative estimate of drug-likeness (QED) is 0.890. The molecule has 0 aromatic heterocycles. The second-order valence-electron chi connectivity index (χ2n) is 5.09. The van der Waals surface area contributed by atoms with E-state index in [4.69, 9.17) is 0 Å². The molecule has 0 spiro atoms. The molecular weight excluding hydrogens is 244 g/mol. The fourth-order valence-corrected chi connectivity index (χ4v) is 4.06. The van der Waals surface area contributed by atoms with Crippen molar-refractivity contribution in [1.82, 2.24) is 4.31 Å². The predicted molar refractivity (Wildman–Crippen MR) is 75.1 cm³/mol. The van der Waals surface area contributed by atoms with Gasteiger partial charge >= 0.3 is 0 Å². The summed E-state index contributed by atoms with van der Waals surface area (Å²) in [4.78, 5) is 0.972. The zero-order chi connectivity index (χ0) is 12.4. The van der Waals surface area contributed by atoms with E-state index < -0.39 is 11.0 Å². The van der Waals surface area contributed by atoms with Crippen LogP contribution < -0.4 is 5.32 Å². The lowest BCUT2D eigenvalue weighted by atomic mass is 10.2. The Bertz CT molecular complexity index is 453. The number of fused-ring (bicyclic) bond motifs is 1. The molecule has 2 aliphatic rings. The van der Waals surface area contributed by atoms with Crippen molar-refractivity contribution < 1.29 is 4.21 Å². The Hall–Kier alpha value is -0.870. The molecule has 1 N–H and O–H groups in total. The molecule has 3 rings (SSSR count). The first-order valence-electron chi connectivity index (χ1n) is 6.88. The number of rotatable bonds is 2. The van der Waals surface area contributed by atoms with Gasteiger partial charge in [0.2, 0.25) is 0 Å². The zero-order valence-electron chi connectivity index (χ0n) is 10.7. The molecule has 4 heteroatoms. The Labute approximate surface area is 111 Å². The van der Waals surface area contributed by atoms with Gasteiger partial charge in [0.05, 0.1) is 4.90 Å². The number of hydrogen-bond acceptors (Lipinski definition) is 2. The molecular formula is C14H20N2OS. The Balaban J connectivity index is 1.79. The standard InChI is InChI=1S/C14H20N2OS/c17-18(16-9-3-1-2-4-10-16)13-5-6-14-12(11-13)7-8-15-14/h5-6,11,15H,1-4,7-10H2. The van der Waals surface area contributed by atoms with Crippen molar-refractivity contribution in [3.8, 4) is 0 Å². The molecule has 18 heavy (non-hydrogen) atoms. The molecule has 1 saturated heterocycles. The van der Waals surface area contributed by atoms with Crippen LogP contribution in [0.3, 0.4) is 0 Å². The second kappa shape index (κ2) is 5.41. The van der Waals surface area contributed by atoms with E-state index >= 15 is 0 Å². The minimum Gasteiger partial charge on any atom is -0.384 e. The van der Waals surface area contributed by atoms with Gasteiger partial charge in [-0.15, -0.1) is 0 Å². The van der Waals surface area contributed by atoms with Crippen LogP contribution in [0.2, 0.25) is 0 Å². The van der Waals surface area contributed by atoms with Gasteiger partial charge < -0.3 is 5.32 Å². The third-order valence-corrected chi connectivity index (χ3v) is 5.28. The summed E-state index contributed by atoms with van der Waals surface area (Å²) in [6.07, 6.45) is 5.97. The van der Waals surface area contributed by atoms with Crippen LogP contribution in [-0.4, -0.2) is 28.1 Å². The van der Waals surface area contributed by atoms with Gasteiger partial charge in [0, 0.05) is 25.3 Å². The molecule has 1 atom stereocenters. The fourth-order valence-electron chi connectivity index (χ4n) is 2.75. The van der Waals surface area contributed by atoms with E-state index in [2.05, 4.69) is 21.8 Å². The summed E-state index contributed by atoms with van der Waals surface area (Å²) in [7, 11) is -0.968. The highest BCUT2D eigenvalue weighted by molar-refractivity contribution is 7.82. The number of benzene rings is 1. The number of hydrogen-bond donors (Lipinski definition) is 1. The van der Waals surface area contributed by atoms with Crippen LogP contribution in [0.15, 0.2) is 23.1 Å². The maximum Gasteiger partial charge on any atom is 0.127 e. The minimum atomic E-state index is -0.968. The number of nitrogens with zero attached hydrogens (tertiary/aromatic N) is 1. The van der Waals surface area contributed by atoms with Crippen molar-refractivity contribution in [3.63, 3.8) is 0 Å². The first-order valence-corrected chi connectivity index (χ1v) is 7.99. The van der Waals surface area contributed by atoms with Crippen molar-refractivity contribution in [2.24, 2.45) is 0 Å². The van der Waals surface area contributed by atoms with E-state index in [1.807, 2.05) is 6.07 Å². The molecule has 1 unspecified atom stereocenters. The Kier molecular flexibility index (Phi) is 3.66. The van der Waals surface area contributed by atoms with Crippen molar-refractivity contribution in [3.05, 3.63) is 23.8 Å². The van der Waals surface area contributed by atoms with Gasteiger partial charge in [-0.3, -0.25) is 0 Å². The van der Waals surface area contributed by atoms with Gasteiger partial charge in [-0.05, 0) is 43.0 Å². The molecule has 0 saturated carbocycles. The van der Waals surface area contributed by atoms with Crippen molar-refractivity contribution in [1.29, 1.82) is 0 Å². The lowest BCUT2D eigenvalue weighted by Gasteiger charge is -2.18. The summed E-state index contributed by atoms with van der Waals surface area (Å²) < 4.78 is 14.7. The van der Waals surface area contributed by atoms with Crippen molar-refractivity contribution in [2.45, 2.75) is 37.0 Å². The van der Waals surface area contributed by atoms with Gasteiger partial charge in [0.15, 0.2) is 0 Å². The average molecular weight is 264 g/mol. The minimum absolute atomic E-state index is 0.968. The van der Waals surface area contributed by atoms with E-state index in [0.717, 1.165) is 31.0 Å². The van der Waals surface area contributed by atoms with Crippen LogP contribution in [0.1, 0.15) is 31.2 Å². The van der Waals surface area contributed by atoms with Crippen molar-refractivity contribution >= 4 is 16.7 Å². The molecule has 0 radical (unpaired) electrons. The maximum atomic E-state index is 12.6. The first kappa shape index (κ1) is 12.2. The zero-order valence-corrected chi connectivity index (χ0v) is 11.5. The van der Waals surface area contributed by atoms with Gasteiger partial charge in [-0.2, -0.15) is 0 Å². The Morgan fingerprint density at radius 1 is 1.11 bits per heavy atom. The smallest absolute Gasteiger partial charge is 0.127 e. The highest BCUT2D eigenvalue weighted by Crippen LogP contribution is 2.26. The molecule has 1 aromatic rings. The fraction of sp³-hybridized carbons (Fsp3) is 0.571. The van der Waals surface area contributed by atoms with Gasteiger partial charge in [-0.25, -0.2) is 8.51 Å². The Morgan fingerprint density at radius 2 is 1.89 bits per heavy atom. The third kappa shape index (κ3) is 2.45. The first-order chi connectivity index (χ1) is 8.84. The predicted octanol–water partition coefficient (Wildman–Crippen LogP) is 2.55. The summed E-state index contributed by atoms with van der Waals surface area (Å²) in [5, 5.41) is 3.34. The molecule has 1 fully saturated rings. The molecule has 3 nitrogen and oxygen atoms in total. The van der Waals surface area contributed by atoms with Gasteiger partial charge in [0.25, 0.3) is 0 Å². The monoisotopic (exact) mass is 264 g/mol. The van der Waals surface area contributed by atoms with E-state index in [1.54, 1.807) is 0 Å². The van der Waals surface area contributed by atoms with Crippen LogP contribution in [0.25, 0.3) is 0 Å². The molecule has 2 aliphatic heterocycles. The van der Waals surface area contributed by atoms with E-state index in [9.17, 15) is 4.21 Å². The lowest BCUT2D eigenvalue weighted by Crippen LogP contribution is -2.27. The maximum absolute atomic E-state index is 12.6. The summed E-state index contributed by atoms with van der Waals surface area (Å²) in [5.41, 5.74) is 2.53. The van der Waals surface area contributed by atoms with E-state index in [1.165, 1.54) is 36.9 Å². The second-order valence-corrected chi connectivity index (χ2v) is 6.57. The summed E-state index contributed by atoms with van der Waals surface area (Å²) in [6, 6.07) is 6.21. The van der Waals surface area contributed by atoms with E-state index in [-0.39, 0.29) is 0 Å². The molecule has 1 aromatic carbocycles. The largest absolute Gasteiger partial charge is 0.384 e. The molecule has 98 valence electrons. The number of nitrogens with one attached hydrogen (secondary N) is 1.